The van der Waals surface area contributed by atoms with Crippen molar-refractivity contribution in [2.45, 2.75) is 26.8 Å². The first kappa shape index (κ1) is 20.0. The zero-order chi connectivity index (χ0) is 19.3. The highest BCUT2D eigenvalue weighted by Crippen LogP contribution is 2.18. The number of amides is 2. The summed E-state index contributed by atoms with van der Waals surface area (Å²) in [5.41, 5.74) is 1.52. The van der Waals surface area contributed by atoms with Gasteiger partial charge < -0.3 is 25.2 Å². The van der Waals surface area contributed by atoms with Crippen LogP contribution in [0.4, 0.5) is 10.5 Å². The number of nitrogens with zero attached hydrogens (tertiary/aromatic N) is 4. The molecule has 0 spiro atoms. The Labute approximate surface area is 158 Å². The number of aromatic nitrogens is 2. The van der Waals surface area contributed by atoms with Crippen molar-refractivity contribution in [3.05, 3.63) is 11.9 Å². The van der Waals surface area contributed by atoms with E-state index in [1.807, 2.05) is 13.8 Å². The fourth-order valence-electron chi connectivity index (χ4n) is 2.69. The van der Waals surface area contributed by atoms with E-state index in [1.165, 1.54) is 0 Å². The number of hydrogen-bond acceptors (Lipinski definition) is 5. The smallest absolute Gasteiger partial charge is 0.409 e. The molecule has 1 unspecified atom stereocenters. The molecule has 26 heavy (non-hydrogen) atoms. The van der Waals surface area contributed by atoms with Crippen molar-refractivity contribution in [2.75, 3.05) is 45.2 Å². The molecule has 1 aliphatic rings. The van der Waals surface area contributed by atoms with E-state index >= 15 is 0 Å². The van der Waals surface area contributed by atoms with Crippen LogP contribution in [0.15, 0.2) is 6.20 Å². The summed E-state index contributed by atoms with van der Waals surface area (Å²) in [4.78, 5) is 27.9. The van der Waals surface area contributed by atoms with E-state index in [0.29, 0.717) is 37.9 Å². The number of hydrogen-bond donors (Lipinski definition) is 2. The van der Waals surface area contributed by atoms with Gasteiger partial charge in [0.1, 0.15) is 6.04 Å². The average Bonchev–Trinajstić information content (AvgIpc) is 3.01. The van der Waals surface area contributed by atoms with Crippen LogP contribution in [0.1, 0.15) is 25.6 Å². The first-order chi connectivity index (χ1) is 12.4. The number of carbonyl (C=O) groups is 2. The fourth-order valence-corrected chi connectivity index (χ4v) is 2.80. The zero-order valence-electron chi connectivity index (χ0n) is 15.6. The Morgan fingerprint density at radius 3 is 2.50 bits per heavy atom. The van der Waals surface area contributed by atoms with Gasteiger partial charge in [0.15, 0.2) is 5.11 Å². The van der Waals surface area contributed by atoms with E-state index in [4.69, 9.17) is 17.0 Å². The van der Waals surface area contributed by atoms with Gasteiger partial charge >= 0.3 is 6.09 Å². The summed E-state index contributed by atoms with van der Waals surface area (Å²) in [5.74, 6) is -0.0289. The van der Waals surface area contributed by atoms with Crippen molar-refractivity contribution < 1.29 is 14.3 Å². The summed E-state index contributed by atoms with van der Waals surface area (Å²) >= 11 is 5.10. The van der Waals surface area contributed by atoms with Gasteiger partial charge in [-0.1, -0.05) is 0 Å². The molecule has 1 aliphatic heterocycles. The van der Waals surface area contributed by atoms with Gasteiger partial charge in [0.25, 0.3) is 0 Å². The van der Waals surface area contributed by atoms with Gasteiger partial charge in [-0.3, -0.25) is 9.48 Å². The molecule has 0 radical (unpaired) electrons. The SMILES string of the molecule is CCOC(=O)N1CCN(C(=O)C(C)n2cc(NC(=S)NC)c(C)n2)CC1. The van der Waals surface area contributed by atoms with Gasteiger partial charge in [-0.25, -0.2) is 4.79 Å². The number of ether oxygens (including phenoxy) is 1. The third-order valence-electron chi connectivity index (χ3n) is 4.26. The second-order valence-electron chi connectivity index (χ2n) is 6.00. The van der Waals surface area contributed by atoms with Crippen molar-refractivity contribution in [1.29, 1.82) is 0 Å². The second-order valence-corrected chi connectivity index (χ2v) is 6.41. The molecule has 1 atom stereocenters. The minimum Gasteiger partial charge on any atom is -0.450 e. The minimum absolute atomic E-state index is 0.0289. The summed E-state index contributed by atoms with van der Waals surface area (Å²) in [6.45, 7) is 7.70. The molecule has 9 nitrogen and oxygen atoms in total. The topological polar surface area (TPSA) is 91.7 Å². The monoisotopic (exact) mass is 382 g/mol. The lowest BCUT2D eigenvalue weighted by Crippen LogP contribution is -2.52. The predicted molar refractivity (Wildman–Crippen MR) is 102 cm³/mol. The molecular weight excluding hydrogens is 356 g/mol. The van der Waals surface area contributed by atoms with Crippen LogP contribution in [-0.4, -0.2) is 76.5 Å². The Kier molecular flexibility index (Phi) is 6.78. The van der Waals surface area contributed by atoms with Crippen molar-refractivity contribution in [2.24, 2.45) is 0 Å². The molecule has 1 aromatic rings. The maximum Gasteiger partial charge on any atom is 0.409 e. The van der Waals surface area contributed by atoms with Crippen LogP contribution >= 0.6 is 12.2 Å². The highest BCUT2D eigenvalue weighted by atomic mass is 32.1. The van der Waals surface area contributed by atoms with Crippen molar-refractivity contribution in [3.8, 4) is 0 Å². The number of carbonyl (C=O) groups excluding carboxylic acids is 2. The molecule has 2 rings (SSSR count). The van der Waals surface area contributed by atoms with E-state index in [-0.39, 0.29) is 12.0 Å². The number of rotatable bonds is 4. The third-order valence-corrected chi connectivity index (χ3v) is 4.57. The van der Waals surface area contributed by atoms with E-state index in [9.17, 15) is 9.59 Å². The van der Waals surface area contributed by atoms with E-state index in [2.05, 4.69) is 15.7 Å². The summed E-state index contributed by atoms with van der Waals surface area (Å²) in [5, 5.41) is 10.8. The molecule has 144 valence electrons. The number of piperazine rings is 1. The molecular formula is C16H26N6O3S. The fraction of sp³-hybridized carbons (Fsp3) is 0.625. The number of aryl methyl sites for hydroxylation is 1. The highest BCUT2D eigenvalue weighted by Gasteiger charge is 2.28. The Balaban J connectivity index is 1.97. The molecule has 0 bridgehead atoms. The molecule has 2 amide bonds. The van der Waals surface area contributed by atoms with Crippen LogP contribution in [0.3, 0.4) is 0 Å². The Hall–Kier alpha value is -2.36. The Morgan fingerprint density at radius 1 is 1.31 bits per heavy atom. The minimum atomic E-state index is -0.443. The molecule has 0 aromatic carbocycles. The Bertz CT molecular complexity index is 669. The average molecular weight is 382 g/mol. The van der Waals surface area contributed by atoms with Crippen LogP contribution in [0.5, 0.6) is 0 Å². The van der Waals surface area contributed by atoms with Crippen molar-refractivity contribution in [1.82, 2.24) is 24.9 Å². The maximum atomic E-state index is 12.8. The molecule has 1 saturated heterocycles. The number of thiocarbonyl (C=S) groups is 1. The molecule has 0 saturated carbocycles. The molecule has 10 heteroatoms. The lowest BCUT2D eigenvalue weighted by molar-refractivity contribution is -0.136. The lowest BCUT2D eigenvalue weighted by atomic mass is 10.2. The zero-order valence-corrected chi connectivity index (χ0v) is 16.4. The Morgan fingerprint density at radius 2 is 1.92 bits per heavy atom. The molecule has 2 N–H and O–H groups in total. The van der Waals surface area contributed by atoms with Crippen LogP contribution < -0.4 is 10.6 Å². The molecule has 1 fully saturated rings. The largest absolute Gasteiger partial charge is 0.450 e. The van der Waals surface area contributed by atoms with Crippen molar-refractivity contribution >= 4 is 35.0 Å². The van der Waals surface area contributed by atoms with Crippen LogP contribution in [-0.2, 0) is 9.53 Å². The molecule has 0 aliphatic carbocycles. The van der Waals surface area contributed by atoms with Gasteiger partial charge in [-0.2, -0.15) is 5.10 Å². The van der Waals surface area contributed by atoms with Gasteiger partial charge in [-0.05, 0) is 33.0 Å². The molecule has 2 heterocycles. The van der Waals surface area contributed by atoms with Gasteiger partial charge in [0, 0.05) is 39.4 Å². The van der Waals surface area contributed by atoms with E-state index in [0.717, 1.165) is 11.4 Å². The summed E-state index contributed by atoms with van der Waals surface area (Å²) in [7, 11) is 1.73. The van der Waals surface area contributed by atoms with E-state index < -0.39 is 6.04 Å². The first-order valence-electron chi connectivity index (χ1n) is 8.62. The number of nitrogens with one attached hydrogen (secondary N) is 2. The van der Waals surface area contributed by atoms with Gasteiger partial charge in [0.05, 0.1) is 18.0 Å². The summed E-state index contributed by atoms with van der Waals surface area (Å²) in [6.07, 6.45) is 1.45. The summed E-state index contributed by atoms with van der Waals surface area (Å²) < 4.78 is 6.63. The van der Waals surface area contributed by atoms with Crippen molar-refractivity contribution in [3.63, 3.8) is 0 Å². The quantitative estimate of drug-likeness (QED) is 0.750. The normalized spacial score (nSPS) is 15.4. The highest BCUT2D eigenvalue weighted by molar-refractivity contribution is 7.80. The van der Waals surface area contributed by atoms with Gasteiger partial charge in [0.2, 0.25) is 5.91 Å². The number of anilines is 1. The predicted octanol–water partition coefficient (Wildman–Crippen LogP) is 0.969. The lowest BCUT2D eigenvalue weighted by Gasteiger charge is -2.35. The third kappa shape index (κ3) is 4.63. The molecule has 1 aromatic heterocycles. The van der Waals surface area contributed by atoms with Crippen LogP contribution in [0.2, 0.25) is 0 Å². The second kappa shape index (κ2) is 8.84. The standard InChI is InChI=1S/C16H26N6O3S/c1-5-25-16(24)21-8-6-20(7-9-21)14(23)12(3)22-10-13(11(2)19-22)18-15(26)17-4/h10,12H,5-9H2,1-4H3,(H2,17,18,26). The van der Waals surface area contributed by atoms with E-state index in [1.54, 1.807) is 34.6 Å². The van der Waals surface area contributed by atoms with Gasteiger partial charge in [-0.15, -0.1) is 0 Å². The van der Waals surface area contributed by atoms with Crippen LogP contribution in [0.25, 0.3) is 0 Å². The summed E-state index contributed by atoms with van der Waals surface area (Å²) in [6, 6.07) is -0.443. The maximum absolute atomic E-state index is 12.8. The van der Waals surface area contributed by atoms with Crippen LogP contribution in [0, 0.1) is 6.92 Å². The first-order valence-corrected chi connectivity index (χ1v) is 9.03.